The Balaban J connectivity index is 1.74. The zero-order chi connectivity index (χ0) is 14.7. The van der Waals surface area contributed by atoms with E-state index in [1.807, 2.05) is 36.6 Å². The molecule has 6 heteroatoms. The zero-order valence-electron chi connectivity index (χ0n) is 11.4. The van der Waals surface area contributed by atoms with Gasteiger partial charge < -0.3 is 5.32 Å². The van der Waals surface area contributed by atoms with Crippen molar-refractivity contribution in [2.75, 3.05) is 5.32 Å². The number of anilines is 1. The van der Waals surface area contributed by atoms with Crippen molar-refractivity contribution in [3.05, 3.63) is 52.6 Å². The van der Waals surface area contributed by atoms with Crippen LogP contribution in [0, 0.1) is 6.92 Å². The topological polar surface area (TPSA) is 54.9 Å². The van der Waals surface area contributed by atoms with Crippen LogP contribution in [-0.4, -0.2) is 15.9 Å². The lowest BCUT2D eigenvalue weighted by Crippen LogP contribution is -2.13. The molecule has 3 aromatic rings. The summed E-state index contributed by atoms with van der Waals surface area (Å²) in [5, 5.41) is 5.47. The summed E-state index contributed by atoms with van der Waals surface area (Å²) in [6.07, 6.45) is 3.93. The first kappa shape index (κ1) is 13.9. The molecule has 0 aliphatic rings. The predicted octanol–water partition coefficient (Wildman–Crippen LogP) is 3.76. The van der Waals surface area contributed by atoms with E-state index >= 15 is 0 Å². The monoisotopic (exact) mass is 315 g/mol. The van der Waals surface area contributed by atoms with E-state index in [1.165, 1.54) is 11.3 Å². The number of nitrogens with zero attached hydrogens (tertiary/aromatic N) is 2. The molecule has 1 amide bonds. The maximum atomic E-state index is 12.0. The molecule has 0 fully saturated rings. The average Bonchev–Trinajstić information content (AvgIpc) is 3.09. The number of thiazole rings is 1. The normalized spacial score (nSPS) is 10.5. The van der Waals surface area contributed by atoms with Gasteiger partial charge in [-0.25, -0.2) is 4.98 Å². The zero-order valence-corrected chi connectivity index (χ0v) is 13.0. The number of pyridine rings is 1. The summed E-state index contributed by atoms with van der Waals surface area (Å²) < 4.78 is 0. The van der Waals surface area contributed by atoms with E-state index in [2.05, 4.69) is 15.3 Å². The number of amides is 1. The lowest BCUT2D eigenvalue weighted by Gasteiger charge is -1.99. The molecular weight excluding hydrogens is 302 g/mol. The van der Waals surface area contributed by atoms with Crippen LogP contribution in [-0.2, 0) is 11.2 Å². The number of hydrogen-bond acceptors (Lipinski definition) is 5. The predicted molar refractivity (Wildman–Crippen MR) is 86.7 cm³/mol. The van der Waals surface area contributed by atoms with Crippen molar-refractivity contribution in [1.29, 1.82) is 0 Å². The Kier molecular flexibility index (Phi) is 4.08. The summed E-state index contributed by atoms with van der Waals surface area (Å²) in [6, 6.07) is 7.79. The molecule has 0 unspecified atom stereocenters. The Bertz CT molecular complexity index is 736. The van der Waals surface area contributed by atoms with Gasteiger partial charge in [0.25, 0.3) is 0 Å². The van der Waals surface area contributed by atoms with Crippen LogP contribution < -0.4 is 5.32 Å². The molecular formula is C15H13N3OS2. The van der Waals surface area contributed by atoms with Gasteiger partial charge >= 0.3 is 0 Å². The minimum atomic E-state index is -0.0380. The molecule has 3 aromatic heterocycles. The van der Waals surface area contributed by atoms with Gasteiger partial charge in [-0.15, -0.1) is 11.3 Å². The van der Waals surface area contributed by atoms with Crippen molar-refractivity contribution in [2.45, 2.75) is 13.3 Å². The minimum absolute atomic E-state index is 0.0380. The molecule has 0 spiro atoms. The van der Waals surface area contributed by atoms with Crippen molar-refractivity contribution in [3.8, 4) is 10.4 Å². The molecule has 3 rings (SSSR count). The van der Waals surface area contributed by atoms with Crippen LogP contribution in [0.1, 0.15) is 10.6 Å². The van der Waals surface area contributed by atoms with Crippen molar-refractivity contribution in [1.82, 2.24) is 9.97 Å². The molecule has 0 radical (unpaired) electrons. The van der Waals surface area contributed by atoms with E-state index in [-0.39, 0.29) is 5.91 Å². The highest BCUT2D eigenvalue weighted by molar-refractivity contribution is 7.19. The van der Waals surface area contributed by atoms with Crippen LogP contribution in [0.3, 0.4) is 0 Å². The minimum Gasteiger partial charge on any atom is -0.302 e. The third-order valence-corrected chi connectivity index (χ3v) is 4.88. The lowest BCUT2D eigenvalue weighted by atomic mass is 10.2. The van der Waals surface area contributed by atoms with Gasteiger partial charge in [0.05, 0.1) is 17.0 Å². The number of hydrogen-bond donors (Lipinski definition) is 1. The van der Waals surface area contributed by atoms with Gasteiger partial charge in [0.2, 0.25) is 5.91 Å². The fourth-order valence-electron chi connectivity index (χ4n) is 1.95. The summed E-state index contributed by atoms with van der Waals surface area (Å²) in [5.74, 6) is -0.0380. The maximum absolute atomic E-state index is 12.0. The second-order valence-corrected chi connectivity index (χ2v) is 6.51. The summed E-state index contributed by atoms with van der Waals surface area (Å²) >= 11 is 3.05. The van der Waals surface area contributed by atoms with Crippen molar-refractivity contribution < 1.29 is 4.79 Å². The van der Waals surface area contributed by atoms with Crippen LogP contribution in [0.4, 0.5) is 5.13 Å². The Morgan fingerprint density at radius 1 is 1.33 bits per heavy atom. The largest absolute Gasteiger partial charge is 0.302 e. The van der Waals surface area contributed by atoms with E-state index in [0.717, 1.165) is 21.0 Å². The van der Waals surface area contributed by atoms with Crippen molar-refractivity contribution >= 4 is 33.7 Å². The van der Waals surface area contributed by atoms with Crippen molar-refractivity contribution in [3.63, 3.8) is 0 Å². The van der Waals surface area contributed by atoms with E-state index in [1.54, 1.807) is 23.7 Å². The molecule has 21 heavy (non-hydrogen) atoms. The number of carbonyl (C=O) groups is 1. The first-order chi connectivity index (χ1) is 10.2. The molecule has 0 atom stereocenters. The number of aryl methyl sites for hydroxylation is 1. The van der Waals surface area contributed by atoms with Crippen LogP contribution in [0.2, 0.25) is 0 Å². The van der Waals surface area contributed by atoms with Gasteiger partial charge in [0.15, 0.2) is 5.13 Å². The number of thiophene rings is 1. The molecule has 106 valence electrons. The molecule has 0 aliphatic carbocycles. The molecule has 0 bridgehead atoms. The Morgan fingerprint density at radius 3 is 2.95 bits per heavy atom. The van der Waals surface area contributed by atoms with Gasteiger partial charge in [-0.2, -0.15) is 0 Å². The van der Waals surface area contributed by atoms with E-state index in [4.69, 9.17) is 0 Å². The van der Waals surface area contributed by atoms with Gasteiger partial charge in [-0.3, -0.25) is 9.78 Å². The second-order valence-electron chi connectivity index (χ2n) is 4.48. The van der Waals surface area contributed by atoms with Crippen LogP contribution >= 0.6 is 22.7 Å². The Morgan fingerprint density at radius 2 is 2.24 bits per heavy atom. The molecule has 0 aliphatic heterocycles. The van der Waals surface area contributed by atoms with E-state index in [0.29, 0.717) is 11.6 Å². The Hall–Kier alpha value is -2.05. The molecule has 1 N–H and O–H groups in total. The summed E-state index contributed by atoms with van der Waals surface area (Å²) in [4.78, 5) is 22.6. The fourth-order valence-corrected chi connectivity index (χ4v) is 3.63. The Labute approximate surface area is 130 Å². The fraction of sp³-hybridized carbons (Fsp3) is 0.133. The third-order valence-electron chi connectivity index (χ3n) is 2.88. The van der Waals surface area contributed by atoms with Crippen LogP contribution in [0.15, 0.2) is 42.0 Å². The summed E-state index contributed by atoms with van der Waals surface area (Å²) in [5.41, 5.74) is 1.92. The van der Waals surface area contributed by atoms with Gasteiger partial charge in [-0.05, 0) is 24.4 Å². The van der Waals surface area contributed by atoms with Crippen molar-refractivity contribution in [2.24, 2.45) is 0 Å². The highest BCUT2D eigenvalue weighted by atomic mass is 32.1. The van der Waals surface area contributed by atoms with E-state index in [9.17, 15) is 4.79 Å². The third kappa shape index (κ3) is 3.34. The first-order valence-corrected chi connectivity index (χ1v) is 8.12. The lowest BCUT2D eigenvalue weighted by molar-refractivity contribution is -0.115. The van der Waals surface area contributed by atoms with Crippen LogP contribution in [0.5, 0.6) is 0 Å². The van der Waals surface area contributed by atoms with Gasteiger partial charge in [-0.1, -0.05) is 23.5 Å². The SMILES string of the molecule is Cc1nc(NC(=O)Cc2cccs2)sc1-c1cccnc1. The highest BCUT2D eigenvalue weighted by Crippen LogP contribution is 2.32. The molecule has 4 nitrogen and oxygen atoms in total. The van der Waals surface area contributed by atoms with E-state index < -0.39 is 0 Å². The average molecular weight is 315 g/mol. The van der Waals surface area contributed by atoms with Gasteiger partial charge in [0, 0.05) is 22.8 Å². The molecule has 0 saturated carbocycles. The first-order valence-electron chi connectivity index (χ1n) is 6.42. The molecule has 3 heterocycles. The maximum Gasteiger partial charge on any atom is 0.231 e. The number of carbonyl (C=O) groups excluding carboxylic acids is 1. The molecule has 0 saturated heterocycles. The van der Waals surface area contributed by atoms with Crippen LogP contribution in [0.25, 0.3) is 10.4 Å². The number of aromatic nitrogens is 2. The number of rotatable bonds is 4. The standard InChI is InChI=1S/C15H13N3OS2/c1-10-14(11-4-2-6-16-9-11)21-15(17-10)18-13(19)8-12-5-3-7-20-12/h2-7,9H,8H2,1H3,(H,17,18,19). The highest BCUT2D eigenvalue weighted by Gasteiger charge is 2.12. The second kappa shape index (κ2) is 6.15. The van der Waals surface area contributed by atoms with Gasteiger partial charge in [0.1, 0.15) is 0 Å². The molecule has 0 aromatic carbocycles. The number of nitrogens with one attached hydrogen (secondary N) is 1. The quantitative estimate of drug-likeness (QED) is 0.797. The smallest absolute Gasteiger partial charge is 0.231 e. The summed E-state index contributed by atoms with van der Waals surface area (Å²) in [7, 11) is 0. The summed E-state index contributed by atoms with van der Waals surface area (Å²) in [6.45, 7) is 1.94.